The number of Topliss-reactive ketones (excluding diaryl/α,β-unsaturated/α-hetero) is 1. The van der Waals surface area contributed by atoms with E-state index >= 15 is 0 Å². The maximum absolute atomic E-state index is 11.4. The van der Waals surface area contributed by atoms with Gasteiger partial charge in [0.25, 0.3) is 0 Å². The predicted molar refractivity (Wildman–Crippen MR) is 42.9 cm³/mol. The zero-order chi connectivity index (χ0) is 10.2. The van der Waals surface area contributed by atoms with Crippen molar-refractivity contribution < 1.29 is 14.7 Å². The lowest BCUT2D eigenvalue weighted by Gasteiger charge is -2.26. The first-order valence-corrected chi connectivity index (χ1v) is 3.85. The quantitative estimate of drug-likeness (QED) is 0.590. The van der Waals surface area contributed by atoms with E-state index in [0.717, 1.165) is 4.90 Å². The van der Waals surface area contributed by atoms with Crippen LogP contribution in [0.5, 0.6) is 0 Å². The van der Waals surface area contributed by atoms with Crippen molar-refractivity contribution in [3.8, 4) is 6.07 Å². The minimum Gasteiger partial charge on any atom is -0.465 e. The van der Waals surface area contributed by atoms with Crippen molar-refractivity contribution in [3.63, 3.8) is 0 Å². The molecule has 0 radical (unpaired) electrons. The van der Waals surface area contributed by atoms with Gasteiger partial charge < -0.3 is 5.11 Å². The normalized spacial score (nSPS) is 25.8. The molecule has 1 aliphatic rings. The fraction of sp³-hybridized carbons (Fsp3) is 0.625. The van der Waals surface area contributed by atoms with Crippen LogP contribution in [0.4, 0.5) is 4.79 Å². The Morgan fingerprint density at radius 1 is 1.77 bits per heavy atom. The van der Waals surface area contributed by atoms with E-state index in [4.69, 9.17) is 10.4 Å². The molecule has 0 saturated carbocycles. The highest BCUT2D eigenvalue weighted by atomic mass is 16.4. The second-order valence-corrected chi connectivity index (χ2v) is 3.50. The van der Waals surface area contributed by atoms with Crippen LogP contribution in [0.25, 0.3) is 0 Å². The lowest BCUT2D eigenvalue weighted by molar-refractivity contribution is -0.124. The Balaban J connectivity index is 3.01. The first kappa shape index (κ1) is 9.52. The van der Waals surface area contributed by atoms with Gasteiger partial charge in [-0.25, -0.2) is 4.79 Å². The fourth-order valence-corrected chi connectivity index (χ4v) is 1.47. The van der Waals surface area contributed by atoms with Gasteiger partial charge in [-0.2, -0.15) is 5.26 Å². The summed E-state index contributed by atoms with van der Waals surface area (Å²) in [7, 11) is 0. The van der Waals surface area contributed by atoms with Crippen molar-refractivity contribution in [2.24, 2.45) is 5.92 Å². The van der Waals surface area contributed by atoms with Crippen molar-refractivity contribution in [1.82, 2.24) is 4.90 Å². The Kier molecular flexibility index (Phi) is 2.00. The summed E-state index contributed by atoms with van der Waals surface area (Å²) in [5.41, 5.74) is -1.06. The zero-order valence-electron chi connectivity index (χ0n) is 7.44. The van der Waals surface area contributed by atoms with Gasteiger partial charge in [0.15, 0.2) is 5.78 Å². The minimum absolute atomic E-state index is 0.0162. The highest BCUT2D eigenvalue weighted by molar-refractivity contribution is 5.97. The topological polar surface area (TPSA) is 81.4 Å². The number of ketones is 1. The number of nitrogens with zero attached hydrogens (tertiary/aromatic N) is 2. The number of rotatable bonds is 0. The number of carboxylic acid groups (broad SMARTS) is 1. The van der Waals surface area contributed by atoms with Crippen molar-refractivity contribution in [2.75, 3.05) is 6.54 Å². The lowest BCUT2D eigenvalue weighted by Crippen LogP contribution is -2.45. The largest absolute Gasteiger partial charge is 0.465 e. The maximum atomic E-state index is 11.4. The lowest BCUT2D eigenvalue weighted by atomic mass is 9.95. The number of nitriles is 1. The van der Waals surface area contributed by atoms with Gasteiger partial charge in [0.05, 0.1) is 6.07 Å². The zero-order valence-corrected chi connectivity index (χ0v) is 7.44. The molecule has 0 aromatic carbocycles. The third-order valence-electron chi connectivity index (χ3n) is 2.35. The molecule has 13 heavy (non-hydrogen) atoms. The van der Waals surface area contributed by atoms with E-state index in [9.17, 15) is 9.59 Å². The van der Waals surface area contributed by atoms with E-state index in [1.54, 1.807) is 6.07 Å². The smallest absolute Gasteiger partial charge is 0.408 e. The summed E-state index contributed by atoms with van der Waals surface area (Å²) in [6, 6.07) is 1.80. The molecule has 0 aliphatic carbocycles. The number of hydrogen-bond donors (Lipinski definition) is 1. The molecule has 1 heterocycles. The predicted octanol–water partition coefficient (Wildman–Crippen LogP) is 0.467. The third kappa shape index (κ3) is 1.24. The molecule has 0 spiro atoms. The molecule has 5 nitrogen and oxygen atoms in total. The molecule has 1 atom stereocenters. The third-order valence-corrected chi connectivity index (χ3v) is 2.35. The molecule has 1 saturated heterocycles. The van der Waals surface area contributed by atoms with Gasteiger partial charge in [-0.3, -0.25) is 9.69 Å². The van der Waals surface area contributed by atoms with Gasteiger partial charge in [0, 0.05) is 6.54 Å². The van der Waals surface area contributed by atoms with Gasteiger partial charge in [0.2, 0.25) is 0 Å². The maximum Gasteiger partial charge on any atom is 0.408 e. The van der Waals surface area contributed by atoms with Crippen LogP contribution in [0.15, 0.2) is 0 Å². The number of carbonyl (C=O) groups excluding carboxylic acids is 1. The highest BCUT2D eigenvalue weighted by Crippen LogP contribution is 2.28. The summed E-state index contributed by atoms with van der Waals surface area (Å²) in [4.78, 5) is 23.1. The molecule has 1 fully saturated rings. The van der Waals surface area contributed by atoms with Crippen LogP contribution in [-0.4, -0.2) is 34.0 Å². The van der Waals surface area contributed by atoms with Gasteiger partial charge in [-0.05, 0) is 13.8 Å². The van der Waals surface area contributed by atoms with E-state index in [0.29, 0.717) is 0 Å². The van der Waals surface area contributed by atoms with Gasteiger partial charge in [-0.1, -0.05) is 0 Å². The molecule has 0 bridgehead atoms. The molecule has 0 aromatic heterocycles. The highest BCUT2D eigenvalue weighted by Gasteiger charge is 2.49. The molecule has 0 unspecified atom stereocenters. The number of carbonyl (C=O) groups is 2. The second kappa shape index (κ2) is 2.73. The average molecular weight is 182 g/mol. The van der Waals surface area contributed by atoms with Crippen molar-refractivity contribution in [2.45, 2.75) is 19.4 Å². The van der Waals surface area contributed by atoms with E-state index in [1.165, 1.54) is 13.8 Å². The number of amides is 1. The Bertz CT molecular complexity index is 303. The second-order valence-electron chi connectivity index (χ2n) is 3.50. The first-order chi connectivity index (χ1) is 5.91. The van der Waals surface area contributed by atoms with Gasteiger partial charge in [0.1, 0.15) is 11.5 Å². The SMILES string of the molecule is CC1(C)C(=O)[C@H](C#N)CN1C(=O)O. The summed E-state index contributed by atoms with van der Waals surface area (Å²) >= 11 is 0. The van der Waals surface area contributed by atoms with Crippen LogP contribution < -0.4 is 0 Å². The van der Waals surface area contributed by atoms with Gasteiger partial charge in [-0.15, -0.1) is 0 Å². The molecule has 1 amide bonds. The Morgan fingerprint density at radius 3 is 2.54 bits per heavy atom. The first-order valence-electron chi connectivity index (χ1n) is 3.85. The molecule has 1 aliphatic heterocycles. The molecular weight excluding hydrogens is 172 g/mol. The van der Waals surface area contributed by atoms with Crippen molar-refractivity contribution in [3.05, 3.63) is 0 Å². The molecule has 1 rings (SSSR count). The Morgan fingerprint density at radius 2 is 2.31 bits per heavy atom. The summed E-state index contributed by atoms with van der Waals surface area (Å²) in [5.74, 6) is -1.14. The van der Waals surface area contributed by atoms with Crippen LogP contribution in [-0.2, 0) is 4.79 Å². The molecule has 1 N–H and O–H groups in total. The van der Waals surface area contributed by atoms with Crippen LogP contribution in [0.1, 0.15) is 13.8 Å². The van der Waals surface area contributed by atoms with Crippen LogP contribution in [0, 0.1) is 17.2 Å². The molecule has 0 aromatic rings. The van der Waals surface area contributed by atoms with Crippen LogP contribution in [0.3, 0.4) is 0 Å². The fourth-order valence-electron chi connectivity index (χ4n) is 1.47. The summed E-state index contributed by atoms with van der Waals surface area (Å²) in [6.45, 7) is 3.01. The molecular formula is C8H10N2O3. The molecule has 70 valence electrons. The van der Waals surface area contributed by atoms with Crippen molar-refractivity contribution in [1.29, 1.82) is 5.26 Å². The average Bonchev–Trinajstić information content (AvgIpc) is 2.25. The number of hydrogen-bond acceptors (Lipinski definition) is 3. The van der Waals surface area contributed by atoms with E-state index in [1.807, 2.05) is 0 Å². The number of likely N-dealkylation sites (tertiary alicyclic amines) is 1. The van der Waals surface area contributed by atoms with Crippen molar-refractivity contribution >= 4 is 11.9 Å². The standard InChI is InChI=1S/C8H10N2O3/c1-8(2)6(11)5(3-9)4-10(8)7(12)13/h5H,4H2,1-2H3,(H,12,13)/t5-/m1/s1. The van der Waals surface area contributed by atoms with Gasteiger partial charge >= 0.3 is 6.09 Å². The van der Waals surface area contributed by atoms with Crippen LogP contribution in [0.2, 0.25) is 0 Å². The monoisotopic (exact) mass is 182 g/mol. The molecule has 5 heteroatoms. The minimum atomic E-state index is -1.16. The summed E-state index contributed by atoms with van der Waals surface area (Å²) in [6.07, 6.45) is -1.16. The van der Waals surface area contributed by atoms with E-state index in [-0.39, 0.29) is 12.3 Å². The van der Waals surface area contributed by atoms with E-state index < -0.39 is 17.6 Å². The summed E-state index contributed by atoms with van der Waals surface area (Å²) < 4.78 is 0. The summed E-state index contributed by atoms with van der Waals surface area (Å²) in [5, 5.41) is 17.3. The Labute approximate surface area is 75.6 Å². The van der Waals surface area contributed by atoms with Crippen LogP contribution >= 0.6 is 0 Å². The Hall–Kier alpha value is -1.57. The van der Waals surface area contributed by atoms with E-state index in [2.05, 4.69) is 0 Å².